The monoisotopic (exact) mass is 302 g/mol. The van der Waals surface area contributed by atoms with E-state index in [1.165, 1.54) is 5.56 Å². The zero-order chi connectivity index (χ0) is 15.9. The summed E-state index contributed by atoms with van der Waals surface area (Å²) in [6, 6.07) is 7.90. The number of aryl methyl sites for hydroxylation is 2. The Morgan fingerprint density at radius 1 is 1.23 bits per heavy atom. The summed E-state index contributed by atoms with van der Waals surface area (Å²) in [5.74, 6) is 0.0114. The summed E-state index contributed by atoms with van der Waals surface area (Å²) in [5.41, 5.74) is 2.11. The molecule has 2 aromatic rings. The van der Waals surface area contributed by atoms with Gasteiger partial charge in [0, 0.05) is 24.9 Å². The zero-order valence-corrected chi connectivity index (χ0v) is 12.3. The Labute approximate surface area is 128 Å². The van der Waals surface area contributed by atoms with E-state index in [0.29, 0.717) is 18.1 Å². The second-order valence-corrected chi connectivity index (χ2v) is 4.98. The van der Waals surface area contributed by atoms with Crippen LogP contribution in [-0.2, 0) is 16.0 Å². The van der Waals surface area contributed by atoms with Crippen molar-refractivity contribution in [2.45, 2.75) is 26.2 Å². The van der Waals surface area contributed by atoms with Crippen LogP contribution in [0.2, 0.25) is 0 Å². The van der Waals surface area contributed by atoms with Gasteiger partial charge >= 0.3 is 5.97 Å². The minimum Gasteiger partial charge on any atom is -0.481 e. The summed E-state index contributed by atoms with van der Waals surface area (Å²) in [4.78, 5) is 26.0. The molecule has 1 aromatic carbocycles. The minimum atomic E-state index is -0.934. The number of nitrogens with one attached hydrogen (secondary N) is 1. The maximum atomic E-state index is 11.5. The summed E-state index contributed by atoms with van der Waals surface area (Å²) < 4.78 is 5.62. The molecular weight excluding hydrogens is 284 g/mol. The Hall–Kier alpha value is -2.63. The van der Waals surface area contributed by atoms with Gasteiger partial charge in [0.1, 0.15) is 0 Å². The van der Waals surface area contributed by atoms with Gasteiger partial charge in [0.15, 0.2) is 11.7 Å². The molecule has 1 amide bonds. The molecule has 6 heteroatoms. The fourth-order valence-electron chi connectivity index (χ4n) is 1.89. The van der Waals surface area contributed by atoms with Gasteiger partial charge in [0.2, 0.25) is 5.91 Å². The van der Waals surface area contributed by atoms with E-state index in [1.54, 1.807) is 6.20 Å². The van der Waals surface area contributed by atoms with Crippen molar-refractivity contribution in [3.8, 4) is 11.3 Å². The number of carboxylic acids is 1. The highest BCUT2D eigenvalue weighted by Crippen LogP contribution is 2.21. The lowest BCUT2D eigenvalue weighted by molar-refractivity contribution is -0.136. The third-order valence-corrected chi connectivity index (χ3v) is 3.12. The van der Waals surface area contributed by atoms with Crippen LogP contribution in [0.15, 0.2) is 34.9 Å². The molecule has 0 aliphatic heterocycles. The third-order valence-electron chi connectivity index (χ3n) is 3.12. The van der Waals surface area contributed by atoms with Gasteiger partial charge in [-0.2, -0.15) is 0 Å². The molecule has 0 aliphatic rings. The highest BCUT2D eigenvalue weighted by Gasteiger charge is 2.09. The van der Waals surface area contributed by atoms with Gasteiger partial charge in [-0.25, -0.2) is 4.98 Å². The van der Waals surface area contributed by atoms with Crippen LogP contribution in [0.25, 0.3) is 11.3 Å². The first-order chi connectivity index (χ1) is 10.5. The number of hydrogen-bond acceptors (Lipinski definition) is 4. The van der Waals surface area contributed by atoms with E-state index in [9.17, 15) is 9.59 Å². The van der Waals surface area contributed by atoms with Crippen molar-refractivity contribution in [1.29, 1.82) is 0 Å². The van der Waals surface area contributed by atoms with E-state index in [0.717, 1.165) is 5.56 Å². The fraction of sp³-hybridized carbons (Fsp3) is 0.312. The highest BCUT2D eigenvalue weighted by molar-refractivity contribution is 5.76. The lowest BCUT2D eigenvalue weighted by Gasteiger charge is -2.01. The second-order valence-electron chi connectivity index (χ2n) is 4.98. The molecule has 1 aromatic heterocycles. The van der Waals surface area contributed by atoms with Gasteiger partial charge in [0.25, 0.3) is 0 Å². The Balaban J connectivity index is 1.83. The molecule has 2 rings (SSSR count). The molecule has 0 saturated carbocycles. The van der Waals surface area contributed by atoms with Crippen LogP contribution in [0.5, 0.6) is 0 Å². The molecule has 0 aliphatic carbocycles. The number of carbonyl (C=O) groups is 2. The number of aliphatic carboxylic acids is 1. The number of hydrogen-bond donors (Lipinski definition) is 2. The van der Waals surface area contributed by atoms with E-state index >= 15 is 0 Å². The zero-order valence-electron chi connectivity index (χ0n) is 12.3. The summed E-state index contributed by atoms with van der Waals surface area (Å²) >= 11 is 0. The number of carboxylic acid groups (broad SMARTS) is 1. The highest BCUT2D eigenvalue weighted by atomic mass is 16.4. The van der Waals surface area contributed by atoms with Crippen molar-refractivity contribution < 1.29 is 19.1 Å². The molecule has 0 unspecified atom stereocenters. The summed E-state index contributed by atoms with van der Waals surface area (Å²) in [6.45, 7) is 2.15. The number of carbonyl (C=O) groups excluding carboxylic acids is 1. The van der Waals surface area contributed by atoms with Crippen molar-refractivity contribution in [3.63, 3.8) is 0 Å². The van der Waals surface area contributed by atoms with Crippen LogP contribution in [0.4, 0.5) is 0 Å². The van der Waals surface area contributed by atoms with E-state index < -0.39 is 5.97 Å². The smallest absolute Gasteiger partial charge is 0.305 e. The Morgan fingerprint density at radius 2 is 1.95 bits per heavy atom. The summed E-state index contributed by atoms with van der Waals surface area (Å²) in [5, 5.41) is 11.0. The molecule has 22 heavy (non-hydrogen) atoms. The molecule has 116 valence electrons. The van der Waals surface area contributed by atoms with Crippen LogP contribution in [0, 0.1) is 6.92 Å². The van der Waals surface area contributed by atoms with Gasteiger partial charge < -0.3 is 14.8 Å². The predicted octanol–water partition coefficient (Wildman–Crippen LogP) is 2.17. The molecule has 0 bridgehead atoms. The van der Waals surface area contributed by atoms with E-state index in [-0.39, 0.29) is 25.3 Å². The lowest BCUT2D eigenvalue weighted by atomic mass is 10.1. The first kappa shape index (κ1) is 15.8. The second kappa shape index (κ2) is 7.40. The average molecular weight is 302 g/mol. The van der Waals surface area contributed by atoms with Crippen molar-refractivity contribution in [2.24, 2.45) is 0 Å². The average Bonchev–Trinajstić information content (AvgIpc) is 2.94. The van der Waals surface area contributed by atoms with Gasteiger partial charge in [-0.15, -0.1) is 0 Å². The van der Waals surface area contributed by atoms with Crippen molar-refractivity contribution in [2.75, 3.05) is 6.54 Å². The van der Waals surface area contributed by atoms with Gasteiger partial charge in [-0.05, 0) is 6.92 Å². The number of benzene rings is 1. The van der Waals surface area contributed by atoms with Gasteiger partial charge in [-0.1, -0.05) is 29.8 Å². The van der Waals surface area contributed by atoms with E-state index in [4.69, 9.17) is 9.52 Å². The molecule has 0 atom stereocenters. The molecule has 0 saturated heterocycles. The van der Waals surface area contributed by atoms with Crippen molar-refractivity contribution >= 4 is 11.9 Å². The van der Waals surface area contributed by atoms with Crippen molar-refractivity contribution in [3.05, 3.63) is 41.9 Å². The van der Waals surface area contributed by atoms with Crippen LogP contribution in [0.3, 0.4) is 0 Å². The maximum Gasteiger partial charge on any atom is 0.305 e. The molecule has 0 fully saturated rings. The lowest BCUT2D eigenvalue weighted by Crippen LogP contribution is -2.26. The largest absolute Gasteiger partial charge is 0.481 e. The molecule has 1 heterocycles. The SMILES string of the molecule is Cc1ccc(-c2cnc(CCC(=O)NCCC(=O)O)o2)cc1. The van der Waals surface area contributed by atoms with E-state index in [2.05, 4.69) is 10.3 Å². The topological polar surface area (TPSA) is 92.4 Å². The predicted molar refractivity (Wildman–Crippen MR) is 80.3 cm³/mol. The third kappa shape index (κ3) is 4.73. The first-order valence-corrected chi connectivity index (χ1v) is 7.05. The van der Waals surface area contributed by atoms with Crippen LogP contribution in [0.1, 0.15) is 24.3 Å². The fourth-order valence-corrected chi connectivity index (χ4v) is 1.89. The molecular formula is C16H18N2O4. The number of nitrogens with zero attached hydrogens (tertiary/aromatic N) is 1. The first-order valence-electron chi connectivity index (χ1n) is 7.05. The maximum absolute atomic E-state index is 11.5. The standard InChI is InChI=1S/C16H18N2O4/c1-11-2-4-12(5-3-11)13-10-18-15(22-13)7-6-14(19)17-9-8-16(20)21/h2-5,10H,6-9H2,1H3,(H,17,19)(H,20,21). The summed E-state index contributed by atoms with van der Waals surface area (Å²) in [7, 11) is 0. The Morgan fingerprint density at radius 3 is 2.64 bits per heavy atom. The Kier molecular flexibility index (Phi) is 5.30. The number of amides is 1. The normalized spacial score (nSPS) is 10.4. The van der Waals surface area contributed by atoms with Crippen LogP contribution >= 0.6 is 0 Å². The summed E-state index contributed by atoms with van der Waals surface area (Å²) in [6.07, 6.45) is 2.16. The van der Waals surface area contributed by atoms with E-state index in [1.807, 2.05) is 31.2 Å². The van der Waals surface area contributed by atoms with Gasteiger partial charge in [0.05, 0.1) is 12.6 Å². The van der Waals surface area contributed by atoms with Crippen LogP contribution in [-0.4, -0.2) is 28.5 Å². The van der Waals surface area contributed by atoms with Crippen molar-refractivity contribution in [1.82, 2.24) is 10.3 Å². The molecule has 0 radical (unpaired) electrons. The minimum absolute atomic E-state index is 0.0810. The number of aromatic nitrogens is 1. The Bertz CT molecular complexity index is 646. The molecule has 0 spiro atoms. The molecule has 2 N–H and O–H groups in total. The van der Waals surface area contributed by atoms with Crippen LogP contribution < -0.4 is 5.32 Å². The quantitative estimate of drug-likeness (QED) is 0.817. The number of oxazole rings is 1. The molecule has 6 nitrogen and oxygen atoms in total. The number of rotatable bonds is 7. The van der Waals surface area contributed by atoms with Gasteiger partial charge in [-0.3, -0.25) is 9.59 Å².